The number of carbonyl (C=O) groups is 1. The van der Waals surface area contributed by atoms with Gasteiger partial charge in [-0.1, -0.05) is 17.9 Å². The second kappa shape index (κ2) is 7.93. The average Bonchev–Trinajstić information content (AvgIpc) is 2.64. The molecule has 1 heterocycles. The van der Waals surface area contributed by atoms with Crippen molar-refractivity contribution in [3.05, 3.63) is 77.6 Å². The van der Waals surface area contributed by atoms with Gasteiger partial charge in [-0.3, -0.25) is 0 Å². The van der Waals surface area contributed by atoms with Crippen molar-refractivity contribution in [1.29, 1.82) is 0 Å². The van der Waals surface area contributed by atoms with Gasteiger partial charge in [0.05, 0.1) is 5.56 Å². The van der Waals surface area contributed by atoms with Crippen LogP contribution < -0.4 is 16.4 Å². The largest absolute Gasteiger partial charge is 0.368 e. The average molecular weight is 365 g/mol. The molecule has 3 aromatic rings. The van der Waals surface area contributed by atoms with Gasteiger partial charge in [0.25, 0.3) is 0 Å². The normalized spacial score (nSPS) is 9.85. The van der Waals surface area contributed by atoms with Gasteiger partial charge in [-0.2, -0.15) is 0 Å². The van der Waals surface area contributed by atoms with Crippen molar-refractivity contribution in [1.82, 2.24) is 9.97 Å². The molecular weight excluding hydrogens is 352 g/mol. The molecule has 27 heavy (non-hydrogen) atoms. The number of hydrogen-bond acceptors (Lipinski definition) is 4. The lowest BCUT2D eigenvalue weighted by Crippen LogP contribution is -2.19. The third-order valence-electron chi connectivity index (χ3n) is 3.32. The molecule has 0 spiro atoms. The summed E-state index contributed by atoms with van der Waals surface area (Å²) in [6, 6.07) is 9.30. The quantitative estimate of drug-likeness (QED) is 0.607. The smallest absolute Gasteiger partial charge is 0.323 e. The molecule has 0 aliphatic heterocycles. The fourth-order valence-corrected chi connectivity index (χ4v) is 2.09. The number of halogens is 2. The minimum absolute atomic E-state index is 0.130. The van der Waals surface area contributed by atoms with Crippen molar-refractivity contribution in [3.8, 4) is 11.8 Å². The number of aromatic nitrogens is 2. The summed E-state index contributed by atoms with van der Waals surface area (Å²) in [5, 5.41) is 5.02. The maximum absolute atomic E-state index is 13.2. The van der Waals surface area contributed by atoms with Gasteiger partial charge in [-0.05, 0) is 30.3 Å². The number of benzene rings is 2. The molecule has 1 aromatic heterocycles. The zero-order chi connectivity index (χ0) is 19.2. The van der Waals surface area contributed by atoms with Crippen LogP contribution in [-0.4, -0.2) is 16.0 Å². The van der Waals surface area contributed by atoms with E-state index in [1.807, 2.05) is 0 Å². The lowest BCUT2D eigenvalue weighted by atomic mass is 10.2. The zero-order valence-corrected chi connectivity index (χ0v) is 13.8. The molecular formula is C19H13F2N5O. The standard InChI is InChI=1S/C19H13F2N5O/c20-16-7-6-15(9-17(16)21)26-19(27)25-14-3-1-2-12(8-14)4-5-13-10-23-18(22)24-11-13/h1-3,6-11H,(H2,22,23,24)(H2,25,26,27). The Morgan fingerprint density at radius 1 is 0.889 bits per heavy atom. The third-order valence-corrected chi connectivity index (χ3v) is 3.32. The summed E-state index contributed by atoms with van der Waals surface area (Å²) in [6.07, 6.45) is 3.01. The number of carbonyl (C=O) groups excluding carboxylic acids is 1. The van der Waals surface area contributed by atoms with E-state index in [1.54, 1.807) is 24.3 Å². The second-order valence-corrected chi connectivity index (χ2v) is 5.37. The van der Waals surface area contributed by atoms with Crippen molar-refractivity contribution in [3.63, 3.8) is 0 Å². The van der Waals surface area contributed by atoms with E-state index in [1.165, 1.54) is 18.5 Å². The third kappa shape index (κ3) is 4.99. The Labute approximate surface area is 153 Å². The number of nitrogens with zero attached hydrogens (tertiary/aromatic N) is 2. The van der Waals surface area contributed by atoms with E-state index in [4.69, 9.17) is 5.73 Å². The lowest BCUT2D eigenvalue weighted by Gasteiger charge is -2.08. The fourth-order valence-electron chi connectivity index (χ4n) is 2.09. The SMILES string of the molecule is Nc1ncc(C#Cc2cccc(NC(=O)Nc3ccc(F)c(F)c3)c2)cn1. The van der Waals surface area contributed by atoms with Gasteiger partial charge >= 0.3 is 6.03 Å². The second-order valence-electron chi connectivity index (χ2n) is 5.37. The Balaban J connectivity index is 1.67. The molecule has 2 amide bonds. The van der Waals surface area contributed by atoms with Crippen molar-refractivity contribution < 1.29 is 13.6 Å². The van der Waals surface area contributed by atoms with E-state index in [0.29, 0.717) is 16.8 Å². The molecule has 3 rings (SSSR count). The summed E-state index contributed by atoms with van der Waals surface area (Å²) in [5.41, 5.74) is 7.27. The number of amides is 2. The molecule has 8 heteroatoms. The first kappa shape index (κ1) is 17.8. The number of nitrogens with one attached hydrogen (secondary N) is 2. The van der Waals surface area contributed by atoms with E-state index in [9.17, 15) is 13.6 Å². The van der Waals surface area contributed by atoms with Gasteiger partial charge in [0.1, 0.15) is 0 Å². The first-order chi connectivity index (χ1) is 13.0. The molecule has 0 unspecified atom stereocenters. The Morgan fingerprint density at radius 2 is 1.56 bits per heavy atom. The van der Waals surface area contributed by atoms with Gasteiger partial charge in [0.15, 0.2) is 11.6 Å². The van der Waals surface area contributed by atoms with Crippen molar-refractivity contribution >= 4 is 23.4 Å². The maximum Gasteiger partial charge on any atom is 0.323 e. The fraction of sp³-hybridized carbons (Fsp3) is 0. The van der Waals surface area contributed by atoms with Crippen LogP contribution in [0.15, 0.2) is 54.9 Å². The van der Waals surface area contributed by atoms with Crippen molar-refractivity contribution in [2.45, 2.75) is 0 Å². The highest BCUT2D eigenvalue weighted by atomic mass is 19.2. The van der Waals surface area contributed by atoms with Crippen LogP contribution in [-0.2, 0) is 0 Å². The van der Waals surface area contributed by atoms with Gasteiger partial charge in [-0.15, -0.1) is 0 Å². The molecule has 0 saturated carbocycles. The molecule has 6 nitrogen and oxygen atoms in total. The van der Waals surface area contributed by atoms with E-state index in [-0.39, 0.29) is 11.6 Å². The van der Waals surface area contributed by atoms with Crippen LogP contribution in [0.4, 0.5) is 30.9 Å². The highest BCUT2D eigenvalue weighted by molar-refractivity contribution is 5.99. The number of rotatable bonds is 2. The van der Waals surface area contributed by atoms with Gasteiger partial charge in [0, 0.05) is 35.4 Å². The first-order valence-corrected chi connectivity index (χ1v) is 7.72. The van der Waals surface area contributed by atoms with Gasteiger partial charge < -0.3 is 16.4 Å². The highest BCUT2D eigenvalue weighted by Crippen LogP contribution is 2.14. The predicted molar refractivity (Wildman–Crippen MR) is 97.9 cm³/mol. The Kier molecular flexibility index (Phi) is 5.23. The minimum atomic E-state index is -1.04. The molecule has 0 saturated heterocycles. The molecule has 2 aromatic carbocycles. The summed E-state index contributed by atoms with van der Waals surface area (Å²) in [5.74, 6) is 3.94. The van der Waals surface area contributed by atoms with Crippen LogP contribution >= 0.6 is 0 Å². The summed E-state index contributed by atoms with van der Waals surface area (Å²) in [7, 11) is 0. The van der Waals surface area contributed by atoms with Gasteiger partial charge in [0.2, 0.25) is 5.95 Å². The monoisotopic (exact) mass is 365 g/mol. The van der Waals surface area contributed by atoms with Crippen LogP contribution in [0.2, 0.25) is 0 Å². The number of anilines is 3. The topological polar surface area (TPSA) is 92.9 Å². The lowest BCUT2D eigenvalue weighted by molar-refractivity contribution is 0.262. The van der Waals surface area contributed by atoms with E-state index in [0.717, 1.165) is 12.1 Å². The van der Waals surface area contributed by atoms with Crippen molar-refractivity contribution in [2.75, 3.05) is 16.4 Å². The molecule has 0 bridgehead atoms. The predicted octanol–water partition coefficient (Wildman–Crippen LogP) is 3.38. The van der Waals surface area contributed by atoms with Crippen LogP contribution in [0.5, 0.6) is 0 Å². The summed E-state index contributed by atoms with van der Waals surface area (Å²) < 4.78 is 26.1. The number of hydrogen-bond donors (Lipinski definition) is 3. The minimum Gasteiger partial charge on any atom is -0.368 e. The summed E-state index contributed by atoms with van der Waals surface area (Å²) in [4.78, 5) is 19.7. The first-order valence-electron chi connectivity index (χ1n) is 7.72. The summed E-state index contributed by atoms with van der Waals surface area (Å²) in [6.45, 7) is 0. The van der Waals surface area contributed by atoms with E-state index < -0.39 is 17.7 Å². The number of nitrogen functional groups attached to an aromatic ring is 1. The van der Waals surface area contributed by atoms with Crippen LogP contribution in [0.1, 0.15) is 11.1 Å². The maximum atomic E-state index is 13.2. The summed E-state index contributed by atoms with van der Waals surface area (Å²) >= 11 is 0. The molecule has 0 atom stereocenters. The molecule has 0 radical (unpaired) electrons. The Bertz CT molecular complexity index is 1040. The molecule has 4 N–H and O–H groups in total. The van der Waals surface area contributed by atoms with Gasteiger partial charge in [-0.25, -0.2) is 23.5 Å². The number of urea groups is 1. The number of nitrogens with two attached hydrogens (primary N) is 1. The van der Waals surface area contributed by atoms with E-state index >= 15 is 0 Å². The van der Waals surface area contributed by atoms with E-state index in [2.05, 4.69) is 32.4 Å². The highest BCUT2D eigenvalue weighted by Gasteiger charge is 2.06. The molecule has 134 valence electrons. The Morgan fingerprint density at radius 3 is 2.26 bits per heavy atom. The molecule has 0 aliphatic rings. The molecule has 0 aliphatic carbocycles. The van der Waals surface area contributed by atoms with Crippen LogP contribution in [0.3, 0.4) is 0 Å². The van der Waals surface area contributed by atoms with Crippen LogP contribution in [0.25, 0.3) is 0 Å². The van der Waals surface area contributed by atoms with Crippen LogP contribution in [0, 0.1) is 23.5 Å². The van der Waals surface area contributed by atoms with Crippen molar-refractivity contribution in [2.24, 2.45) is 0 Å². The zero-order valence-electron chi connectivity index (χ0n) is 13.8. The Hall–Kier alpha value is -3.99. The molecule has 0 fully saturated rings.